The predicted molar refractivity (Wildman–Crippen MR) is 97.0 cm³/mol. The quantitative estimate of drug-likeness (QED) is 0.494. The van der Waals surface area contributed by atoms with Crippen molar-refractivity contribution in [2.75, 3.05) is 0 Å². The van der Waals surface area contributed by atoms with Gasteiger partial charge >= 0.3 is 11.3 Å². The lowest BCUT2D eigenvalue weighted by atomic mass is 10.0. The average molecular weight is 313 g/mol. The third-order valence-corrected chi connectivity index (χ3v) is 4.11. The van der Waals surface area contributed by atoms with Gasteiger partial charge in [-0.15, -0.1) is 0 Å². The van der Waals surface area contributed by atoms with Crippen LogP contribution >= 0.6 is 0 Å². The zero-order valence-corrected chi connectivity index (χ0v) is 13.1. The Morgan fingerprint density at radius 3 is 2.29 bits per heavy atom. The molecule has 2 nitrogen and oxygen atoms in total. The van der Waals surface area contributed by atoms with E-state index < -0.39 is 0 Å². The summed E-state index contributed by atoms with van der Waals surface area (Å²) in [5.41, 5.74) is 4.37. The number of phenolic OH excluding ortho intramolecular Hbond substituents is 1. The van der Waals surface area contributed by atoms with Crippen LogP contribution in [0, 0.1) is 0 Å². The second-order valence-corrected chi connectivity index (χ2v) is 5.88. The molecule has 0 spiro atoms. The van der Waals surface area contributed by atoms with Gasteiger partial charge in [0.1, 0.15) is 5.75 Å². The second-order valence-electron chi connectivity index (χ2n) is 5.88. The minimum atomic E-state index is 0.255. The highest BCUT2D eigenvalue weighted by Gasteiger charge is 2.14. The number of aromatic hydroxyl groups is 1. The monoisotopic (exact) mass is 313 g/mol. The Balaban J connectivity index is 1.66. The molecule has 1 aromatic heterocycles. The van der Waals surface area contributed by atoms with Gasteiger partial charge in [0.25, 0.3) is 0 Å². The first-order valence-corrected chi connectivity index (χ1v) is 7.97. The lowest BCUT2D eigenvalue weighted by molar-refractivity contribution is 0.475. The van der Waals surface area contributed by atoms with Crippen LogP contribution in [0.5, 0.6) is 5.75 Å². The van der Waals surface area contributed by atoms with Crippen molar-refractivity contribution in [2.24, 2.45) is 0 Å². The lowest BCUT2D eigenvalue weighted by Gasteiger charge is -2.01. The summed E-state index contributed by atoms with van der Waals surface area (Å²) in [6.07, 6.45) is 0.913. The predicted octanol–water partition coefficient (Wildman–Crippen LogP) is 5.68. The van der Waals surface area contributed by atoms with Crippen LogP contribution in [0.4, 0.5) is 0 Å². The van der Waals surface area contributed by atoms with Gasteiger partial charge in [-0.2, -0.15) is 0 Å². The van der Waals surface area contributed by atoms with E-state index in [1.54, 1.807) is 12.1 Å². The van der Waals surface area contributed by atoms with Crippen LogP contribution in [0.15, 0.2) is 89.3 Å². The van der Waals surface area contributed by atoms with Gasteiger partial charge in [0.15, 0.2) is 0 Å². The lowest BCUT2D eigenvalue weighted by Crippen LogP contribution is -1.88. The maximum Gasteiger partial charge on any atom is 0.360 e. The van der Waals surface area contributed by atoms with Crippen molar-refractivity contribution in [3.05, 3.63) is 96.1 Å². The van der Waals surface area contributed by atoms with Gasteiger partial charge in [-0.05, 0) is 60.0 Å². The van der Waals surface area contributed by atoms with Crippen molar-refractivity contribution in [1.29, 1.82) is 0 Å². The molecule has 1 N–H and O–H groups in total. The van der Waals surface area contributed by atoms with Crippen molar-refractivity contribution >= 4 is 11.0 Å². The molecule has 0 saturated heterocycles. The molecule has 24 heavy (non-hydrogen) atoms. The minimum Gasteiger partial charge on any atom is -0.508 e. The number of hydrogen-bond donors (Lipinski definition) is 1. The van der Waals surface area contributed by atoms with E-state index in [1.807, 2.05) is 30.3 Å². The van der Waals surface area contributed by atoms with Gasteiger partial charge in [-0.1, -0.05) is 30.3 Å². The highest BCUT2D eigenvalue weighted by atomic mass is 16.3. The standard InChI is InChI=1S/C22H16O2/c23-20-10-7-18(8-11-20)21-13-9-19-15-17(6-12-22(19)24-21)14-16-4-2-1-3-5-16/h1-13,15H,14H2/p+1. The fourth-order valence-electron chi connectivity index (χ4n) is 2.86. The molecule has 1 heterocycles. The molecular formula is C22H17O2+. The summed E-state index contributed by atoms with van der Waals surface area (Å²) in [5.74, 6) is 1.04. The van der Waals surface area contributed by atoms with Gasteiger partial charge in [0.05, 0.1) is 10.9 Å². The Bertz CT molecular complexity index is 974. The van der Waals surface area contributed by atoms with Crippen molar-refractivity contribution in [3.63, 3.8) is 0 Å². The smallest absolute Gasteiger partial charge is 0.360 e. The maximum absolute atomic E-state index is 9.40. The first-order valence-electron chi connectivity index (χ1n) is 7.97. The minimum absolute atomic E-state index is 0.255. The van der Waals surface area contributed by atoms with Crippen LogP contribution in [0.3, 0.4) is 0 Å². The van der Waals surface area contributed by atoms with Gasteiger partial charge in [-0.3, -0.25) is 0 Å². The van der Waals surface area contributed by atoms with Gasteiger partial charge in [0.2, 0.25) is 0 Å². The molecule has 0 aliphatic carbocycles. The molecule has 4 rings (SSSR count). The van der Waals surface area contributed by atoms with E-state index in [1.165, 1.54) is 11.1 Å². The molecule has 0 aliphatic heterocycles. The Morgan fingerprint density at radius 2 is 1.50 bits per heavy atom. The molecule has 0 fully saturated rings. The zero-order valence-electron chi connectivity index (χ0n) is 13.1. The van der Waals surface area contributed by atoms with E-state index in [0.717, 1.165) is 28.7 Å². The summed E-state index contributed by atoms with van der Waals surface area (Å²) in [6, 6.07) is 27.8. The zero-order chi connectivity index (χ0) is 16.4. The van der Waals surface area contributed by atoms with E-state index >= 15 is 0 Å². The molecule has 2 heteroatoms. The molecule has 0 atom stereocenters. The van der Waals surface area contributed by atoms with Crippen LogP contribution in [0.2, 0.25) is 0 Å². The van der Waals surface area contributed by atoms with Crippen LogP contribution in [0.25, 0.3) is 22.3 Å². The average Bonchev–Trinajstić information content (AvgIpc) is 2.63. The van der Waals surface area contributed by atoms with E-state index in [4.69, 9.17) is 4.42 Å². The van der Waals surface area contributed by atoms with Gasteiger partial charge in [-0.25, -0.2) is 4.42 Å². The molecular weight excluding hydrogens is 296 g/mol. The van der Waals surface area contributed by atoms with E-state index in [0.29, 0.717) is 0 Å². The SMILES string of the molecule is Oc1ccc(-c2ccc3cc(Cc4ccccc4)ccc3[o+]2)cc1. The molecule has 0 radical (unpaired) electrons. The van der Waals surface area contributed by atoms with Crippen LogP contribution in [-0.2, 0) is 6.42 Å². The molecule has 3 aromatic carbocycles. The summed E-state index contributed by atoms with van der Waals surface area (Å²) in [6.45, 7) is 0. The Hall–Kier alpha value is -3.13. The Labute approximate surface area is 140 Å². The summed E-state index contributed by atoms with van der Waals surface area (Å²) >= 11 is 0. The number of fused-ring (bicyclic) bond motifs is 1. The summed E-state index contributed by atoms with van der Waals surface area (Å²) < 4.78 is 6.01. The fraction of sp³-hybridized carbons (Fsp3) is 0.0455. The highest BCUT2D eigenvalue weighted by molar-refractivity contribution is 5.79. The van der Waals surface area contributed by atoms with Gasteiger partial charge < -0.3 is 5.11 Å². The first kappa shape index (κ1) is 14.5. The number of phenols is 1. The van der Waals surface area contributed by atoms with Crippen molar-refractivity contribution in [2.45, 2.75) is 6.42 Å². The Morgan fingerprint density at radius 1 is 0.708 bits per heavy atom. The molecule has 0 amide bonds. The van der Waals surface area contributed by atoms with E-state index in [-0.39, 0.29) is 5.75 Å². The third-order valence-electron chi connectivity index (χ3n) is 4.11. The number of hydrogen-bond acceptors (Lipinski definition) is 1. The maximum atomic E-state index is 9.40. The summed E-state index contributed by atoms with van der Waals surface area (Å²) in [5, 5.41) is 10.5. The summed E-state index contributed by atoms with van der Waals surface area (Å²) in [4.78, 5) is 0. The molecule has 0 unspecified atom stereocenters. The van der Waals surface area contributed by atoms with Crippen molar-refractivity contribution in [3.8, 4) is 17.1 Å². The molecule has 0 saturated carbocycles. The number of rotatable bonds is 3. The first-order chi connectivity index (χ1) is 11.8. The normalized spacial score (nSPS) is 10.8. The van der Waals surface area contributed by atoms with Crippen LogP contribution in [0.1, 0.15) is 11.1 Å². The highest BCUT2D eigenvalue weighted by Crippen LogP contribution is 2.27. The molecule has 116 valence electrons. The van der Waals surface area contributed by atoms with E-state index in [9.17, 15) is 5.11 Å². The Kier molecular flexibility index (Phi) is 3.72. The molecule has 4 aromatic rings. The van der Waals surface area contributed by atoms with Crippen LogP contribution < -0.4 is 0 Å². The van der Waals surface area contributed by atoms with Crippen molar-refractivity contribution < 1.29 is 9.52 Å². The van der Waals surface area contributed by atoms with E-state index in [2.05, 4.69) is 42.5 Å². The third kappa shape index (κ3) is 2.99. The second kappa shape index (κ2) is 6.17. The summed E-state index contributed by atoms with van der Waals surface area (Å²) in [7, 11) is 0. The van der Waals surface area contributed by atoms with Crippen LogP contribution in [-0.4, -0.2) is 5.11 Å². The fourth-order valence-corrected chi connectivity index (χ4v) is 2.86. The largest absolute Gasteiger partial charge is 0.508 e. The number of benzene rings is 3. The van der Waals surface area contributed by atoms with Crippen molar-refractivity contribution in [1.82, 2.24) is 0 Å². The van der Waals surface area contributed by atoms with Gasteiger partial charge in [0, 0.05) is 12.1 Å². The molecule has 0 aliphatic rings. The topological polar surface area (TPSA) is 31.5 Å². The molecule has 0 bridgehead atoms.